The molecule has 2 atom stereocenters. The van der Waals surface area contributed by atoms with E-state index < -0.39 is 0 Å². The lowest BCUT2D eigenvalue weighted by atomic mass is 10.1. The van der Waals surface area contributed by atoms with Crippen molar-refractivity contribution in [1.82, 2.24) is 9.88 Å². The van der Waals surface area contributed by atoms with E-state index in [1.807, 2.05) is 24.9 Å². The summed E-state index contributed by atoms with van der Waals surface area (Å²) in [7, 11) is 1.92. The third-order valence-electron chi connectivity index (χ3n) is 2.90. The molecule has 0 amide bonds. The lowest BCUT2D eigenvalue weighted by Gasteiger charge is -2.20. The maximum atomic E-state index is 11.6. The standard InChI is InChI=1S/C12H15ClN2O2/c1-8-5-10(12(16)17-8)15(2)7-9-3-4-11(13)14-6-9/h3-4,6,8,10H,5,7H2,1-2H3/t8-,10-/m0/s1. The van der Waals surface area contributed by atoms with Crippen molar-refractivity contribution in [2.45, 2.75) is 32.0 Å². The number of rotatable bonds is 3. The molecule has 1 aliphatic rings. The largest absolute Gasteiger partial charge is 0.461 e. The summed E-state index contributed by atoms with van der Waals surface area (Å²) in [5, 5.41) is 0.477. The molecule has 0 bridgehead atoms. The molecule has 17 heavy (non-hydrogen) atoms. The van der Waals surface area contributed by atoms with Crippen molar-refractivity contribution < 1.29 is 9.53 Å². The van der Waals surface area contributed by atoms with Crippen molar-refractivity contribution >= 4 is 17.6 Å². The molecule has 1 saturated heterocycles. The number of nitrogens with zero attached hydrogens (tertiary/aromatic N) is 2. The first-order valence-corrected chi connectivity index (χ1v) is 5.95. The fourth-order valence-corrected chi connectivity index (χ4v) is 2.11. The van der Waals surface area contributed by atoms with Crippen LogP contribution < -0.4 is 0 Å². The molecule has 0 spiro atoms. The molecule has 1 aromatic heterocycles. The molecule has 2 rings (SSSR count). The number of carbonyl (C=O) groups is 1. The van der Waals surface area contributed by atoms with Crippen LogP contribution in [0.3, 0.4) is 0 Å². The van der Waals surface area contributed by atoms with Crippen LogP contribution in [-0.4, -0.2) is 35.0 Å². The minimum Gasteiger partial charge on any atom is -0.461 e. The van der Waals surface area contributed by atoms with Crippen molar-refractivity contribution in [3.8, 4) is 0 Å². The monoisotopic (exact) mass is 254 g/mol. The summed E-state index contributed by atoms with van der Waals surface area (Å²) in [6.45, 7) is 2.58. The Morgan fingerprint density at radius 1 is 1.59 bits per heavy atom. The van der Waals surface area contributed by atoms with Crippen LogP contribution >= 0.6 is 11.6 Å². The number of esters is 1. The van der Waals surface area contributed by atoms with Crippen molar-refractivity contribution in [2.75, 3.05) is 7.05 Å². The molecular weight excluding hydrogens is 240 g/mol. The Labute approximate surface area is 106 Å². The second kappa shape index (κ2) is 5.02. The van der Waals surface area contributed by atoms with E-state index in [0.29, 0.717) is 11.7 Å². The minimum atomic E-state index is -0.152. The average Bonchev–Trinajstić information content (AvgIpc) is 2.61. The molecule has 4 nitrogen and oxygen atoms in total. The summed E-state index contributed by atoms with van der Waals surface area (Å²) in [5.74, 6) is -0.137. The zero-order valence-electron chi connectivity index (χ0n) is 9.89. The van der Waals surface area contributed by atoms with Crippen LogP contribution in [0, 0.1) is 0 Å². The van der Waals surface area contributed by atoms with Gasteiger partial charge in [0.05, 0.1) is 0 Å². The first-order chi connectivity index (χ1) is 8.06. The number of hydrogen-bond donors (Lipinski definition) is 0. The van der Waals surface area contributed by atoms with Crippen LogP contribution in [0.5, 0.6) is 0 Å². The quantitative estimate of drug-likeness (QED) is 0.610. The maximum absolute atomic E-state index is 11.6. The predicted molar refractivity (Wildman–Crippen MR) is 64.7 cm³/mol. The maximum Gasteiger partial charge on any atom is 0.323 e. The zero-order chi connectivity index (χ0) is 12.4. The predicted octanol–water partition coefficient (Wildman–Crippen LogP) is 1.87. The summed E-state index contributed by atoms with van der Waals surface area (Å²) in [5.41, 5.74) is 1.03. The summed E-state index contributed by atoms with van der Waals surface area (Å²) < 4.78 is 5.13. The van der Waals surface area contributed by atoms with Gasteiger partial charge in [-0.3, -0.25) is 9.69 Å². The van der Waals surface area contributed by atoms with Gasteiger partial charge in [0.15, 0.2) is 0 Å². The van der Waals surface area contributed by atoms with Gasteiger partial charge in [0.2, 0.25) is 0 Å². The molecule has 92 valence electrons. The van der Waals surface area contributed by atoms with E-state index >= 15 is 0 Å². The van der Waals surface area contributed by atoms with Crippen LogP contribution in [0.2, 0.25) is 5.15 Å². The molecule has 1 aromatic rings. The van der Waals surface area contributed by atoms with Gasteiger partial charge in [-0.25, -0.2) is 4.98 Å². The fourth-order valence-electron chi connectivity index (χ4n) is 1.99. The summed E-state index contributed by atoms with van der Waals surface area (Å²) >= 11 is 5.72. The molecule has 0 aliphatic carbocycles. The molecule has 0 aromatic carbocycles. The number of carbonyl (C=O) groups excluding carboxylic acids is 1. The highest BCUT2D eigenvalue weighted by molar-refractivity contribution is 6.29. The second-order valence-corrected chi connectivity index (χ2v) is 4.79. The Morgan fingerprint density at radius 3 is 2.88 bits per heavy atom. The minimum absolute atomic E-state index is 0.0123. The smallest absolute Gasteiger partial charge is 0.323 e. The molecule has 0 saturated carbocycles. The lowest BCUT2D eigenvalue weighted by molar-refractivity contribution is -0.144. The Kier molecular flexibility index (Phi) is 3.64. The molecule has 0 N–H and O–H groups in total. The van der Waals surface area contributed by atoms with Gasteiger partial charge in [0.1, 0.15) is 17.3 Å². The van der Waals surface area contributed by atoms with Gasteiger partial charge in [-0.1, -0.05) is 17.7 Å². The van der Waals surface area contributed by atoms with Crippen molar-refractivity contribution in [3.63, 3.8) is 0 Å². The topological polar surface area (TPSA) is 42.4 Å². The number of ether oxygens (including phenoxy) is 1. The number of likely N-dealkylation sites (N-methyl/N-ethyl adjacent to an activating group) is 1. The van der Waals surface area contributed by atoms with Gasteiger partial charge in [0, 0.05) is 19.2 Å². The van der Waals surface area contributed by atoms with Crippen LogP contribution in [0.15, 0.2) is 18.3 Å². The van der Waals surface area contributed by atoms with Gasteiger partial charge in [-0.2, -0.15) is 0 Å². The third-order valence-corrected chi connectivity index (χ3v) is 3.12. The summed E-state index contributed by atoms with van der Waals surface area (Å²) in [6.07, 6.45) is 2.48. The van der Waals surface area contributed by atoms with Gasteiger partial charge in [0.25, 0.3) is 0 Å². The lowest BCUT2D eigenvalue weighted by Crippen LogP contribution is -2.34. The highest BCUT2D eigenvalue weighted by atomic mass is 35.5. The Balaban J connectivity index is 1.99. The number of aromatic nitrogens is 1. The Bertz CT molecular complexity index is 407. The molecule has 0 unspecified atom stereocenters. The number of cyclic esters (lactones) is 1. The second-order valence-electron chi connectivity index (χ2n) is 4.40. The third kappa shape index (κ3) is 2.96. The Morgan fingerprint density at radius 2 is 2.35 bits per heavy atom. The van der Waals surface area contributed by atoms with E-state index in [2.05, 4.69) is 4.98 Å². The normalized spacial score (nSPS) is 24.1. The van der Waals surface area contributed by atoms with Crippen molar-refractivity contribution in [2.24, 2.45) is 0 Å². The fraction of sp³-hybridized carbons (Fsp3) is 0.500. The van der Waals surface area contributed by atoms with E-state index in [0.717, 1.165) is 12.0 Å². The zero-order valence-corrected chi connectivity index (χ0v) is 10.6. The van der Waals surface area contributed by atoms with Crippen LogP contribution in [0.4, 0.5) is 0 Å². The van der Waals surface area contributed by atoms with Crippen LogP contribution in [0.25, 0.3) is 0 Å². The van der Waals surface area contributed by atoms with E-state index in [-0.39, 0.29) is 18.1 Å². The molecule has 1 fully saturated rings. The number of halogens is 1. The van der Waals surface area contributed by atoms with Gasteiger partial charge < -0.3 is 4.74 Å². The molecule has 1 aliphatic heterocycles. The van der Waals surface area contributed by atoms with E-state index in [1.54, 1.807) is 12.3 Å². The highest BCUT2D eigenvalue weighted by Crippen LogP contribution is 2.20. The SMILES string of the molecule is C[C@H]1C[C@H](N(C)Cc2ccc(Cl)nc2)C(=O)O1. The summed E-state index contributed by atoms with van der Waals surface area (Å²) in [6, 6.07) is 3.51. The molecule has 0 radical (unpaired) electrons. The average molecular weight is 255 g/mol. The van der Waals surface area contributed by atoms with Crippen LogP contribution in [0.1, 0.15) is 18.9 Å². The van der Waals surface area contributed by atoms with Gasteiger partial charge in [-0.05, 0) is 25.6 Å². The first kappa shape index (κ1) is 12.3. The first-order valence-electron chi connectivity index (χ1n) is 5.57. The van der Waals surface area contributed by atoms with Crippen molar-refractivity contribution in [3.05, 3.63) is 29.0 Å². The van der Waals surface area contributed by atoms with Gasteiger partial charge in [-0.15, -0.1) is 0 Å². The molecule has 2 heterocycles. The summed E-state index contributed by atoms with van der Waals surface area (Å²) in [4.78, 5) is 17.6. The van der Waals surface area contributed by atoms with E-state index in [9.17, 15) is 4.79 Å². The number of pyridine rings is 1. The van der Waals surface area contributed by atoms with E-state index in [1.165, 1.54) is 0 Å². The Hall–Kier alpha value is -1.13. The van der Waals surface area contributed by atoms with Crippen molar-refractivity contribution in [1.29, 1.82) is 0 Å². The number of hydrogen-bond acceptors (Lipinski definition) is 4. The van der Waals surface area contributed by atoms with Gasteiger partial charge >= 0.3 is 5.97 Å². The highest BCUT2D eigenvalue weighted by Gasteiger charge is 2.34. The molecule has 5 heteroatoms. The van der Waals surface area contributed by atoms with E-state index in [4.69, 9.17) is 16.3 Å². The van der Waals surface area contributed by atoms with Crippen LogP contribution in [-0.2, 0) is 16.1 Å². The molecular formula is C12H15ClN2O2.